The van der Waals surface area contributed by atoms with Crippen LogP contribution in [-0.2, 0) is 6.54 Å². The first kappa shape index (κ1) is 17.7. The summed E-state index contributed by atoms with van der Waals surface area (Å²) >= 11 is 23.1. The molecule has 0 saturated heterocycles. The first-order chi connectivity index (χ1) is 10.9. The number of thiocarbonyl (C=S) groups is 1. The zero-order chi connectivity index (χ0) is 17.0. The molecule has 0 radical (unpaired) electrons. The number of halogens is 3. The van der Waals surface area contributed by atoms with Gasteiger partial charge in [-0.2, -0.15) is 0 Å². The average molecular weight is 391 g/mol. The molecular formula is C14H10Cl3N3O2S. The number of nitrogens with one attached hydrogen (secondary N) is 2. The second-order valence-corrected chi connectivity index (χ2v) is 6.12. The molecule has 2 aromatic rings. The summed E-state index contributed by atoms with van der Waals surface area (Å²) in [6.07, 6.45) is 0. The molecule has 0 spiro atoms. The molecule has 0 fully saturated rings. The van der Waals surface area contributed by atoms with Crippen molar-refractivity contribution in [3.05, 3.63) is 67.1 Å². The van der Waals surface area contributed by atoms with Crippen molar-refractivity contribution in [3.8, 4) is 0 Å². The van der Waals surface area contributed by atoms with Crippen LogP contribution < -0.4 is 10.6 Å². The van der Waals surface area contributed by atoms with Gasteiger partial charge in [0.1, 0.15) is 0 Å². The minimum absolute atomic E-state index is 0.0829. The molecule has 0 aliphatic rings. The highest BCUT2D eigenvalue weighted by Crippen LogP contribution is 2.26. The molecule has 0 heterocycles. The summed E-state index contributed by atoms with van der Waals surface area (Å²) < 4.78 is 0. The van der Waals surface area contributed by atoms with Gasteiger partial charge < -0.3 is 10.6 Å². The lowest BCUT2D eigenvalue weighted by molar-refractivity contribution is -0.384. The Bertz CT molecular complexity index is 771. The topological polar surface area (TPSA) is 67.2 Å². The third kappa shape index (κ3) is 4.94. The van der Waals surface area contributed by atoms with Gasteiger partial charge in [0.2, 0.25) is 0 Å². The predicted molar refractivity (Wildman–Crippen MR) is 97.6 cm³/mol. The minimum atomic E-state index is -0.508. The molecule has 9 heteroatoms. The molecule has 0 aliphatic heterocycles. The van der Waals surface area contributed by atoms with E-state index in [0.717, 1.165) is 5.56 Å². The van der Waals surface area contributed by atoms with E-state index in [1.54, 1.807) is 18.2 Å². The molecule has 5 nitrogen and oxygen atoms in total. The number of hydrogen-bond acceptors (Lipinski definition) is 3. The number of hydrogen-bond donors (Lipinski definition) is 2. The molecule has 120 valence electrons. The monoisotopic (exact) mass is 389 g/mol. The van der Waals surface area contributed by atoms with Gasteiger partial charge >= 0.3 is 0 Å². The largest absolute Gasteiger partial charge is 0.358 e. The zero-order valence-corrected chi connectivity index (χ0v) is 14.6. The fraction of sp³-hybridized carbons (Fsp3) is 0.0714. The molecule has 0 bridgehead atoms. The van der Waals surface area contributed by atoms with Gasteiger partial charge in [-0.3, -0.25) is 10.1 Å². The van der Waals surface area contributed by atoms with E-state index >= 15 is 0 Å². The molecule has 0 aliphatic carbocycles. The van der Waals surface area contributed by atoms with Crippen LogP contribution in [0.15, 0.2) is 36.4 Å². The van der Waals surface area contributed by atoms with Crippen molar-refractivity contribution in [1.82, 2.24) is 5.32 Å². The Balaban J connectivity index is 2.02. The van der Waals surface area contributed by atoms with Crippen molar-refractivity contribution in [2.45, 2.75) is 6.54 Å². The Hall–Kier alpha value is -1.60. The van der Waals surface area contributed by atoms with E-state index in [1.807, 2.05) is 0 Å². The highest BCUT2D eigenvalue weighted by Gasteiger charge is 2.11. The number of non-ortho nitro benzene ring substituents is 1. The smallest absolute Gasteiger partial charge is 0.271 e. The second kappa shape index (κ2) is 7.79. The van der Waals surface area contributed by atoms with Gasteiger partial charge in [0, 0.05) is 28.7 Å². The predicted octanol–water partition coefficient (Wildman–Crippen LogP) is 5.04. The number of nitro benzene ring substituents is 1. The van der Waals surface area contributed by atoms with Gasteiger partial charge in [0.05, 0.1) is 15.6 Å². The first-order valence-corrected chi connectivity index (χ1v) is 7.84. The lowest BCUT2D eigenvalue weighted by Crippen LogP contribution is -2.28. The van der Waals surface area contributed by atoms with Crippen LogP contribution in [0.5, 0.6) is 0 Å². The standard InChI is InChI=1S/C14H10Cl3N3O2S/c15-9-2-1-8(12(17)5-9)7-18-14(23)19-13-6-10(20(21)22)3-4-11(13)16/h1-6H,7H2,(H2,18,19,23). The number of benzene rings is 2. The molecule has 0 saturated carbocycles. The van der Waals surface area contributed by atoms with Crippen LogP contribution in [0.3, 0.4) is 0 Å². The molecule has 0 atom stereocenters. The Labute approximate surface area is 152 Å². The van der Waals surface area contributed by atoms with Crippen LogP contribution in [0, 0.1) is 10.1 Å². The van der Waals surface area contributed by atoms with E-state index in [1.165, 1.54) is 18.2 Å². The summed E-state index contributed by atoms with van der Waals surface area (Å²) in [5, 5.41) is 18.2. The van der Waals surface area contributed by atoms with Gasteiger partial charge in [-0.1, -0.05) is 40.9 Å². The van der Waals surface area contributed by atoms with Crippen LogP contribution in [0.2, 0.25) is 15.1 Å². The number of anilines is 1. The summed E-state index contributed by atoms with van der Waals surface area (Å²) in [6, 6.07) is 9.19. The summed E-state index contributed by atoms with van der Waals surface area (Å²) in [6.45, 7) is 0.369. The zero-order valence-electron chi connectivity index (χ0n) is 11.5. The van der Waals surface area contributed by atoms with E-state index in [0.29, 0.717) is 27.3 Å². The molecule has 2 rings (SSSR count). The highest BCUT2D eigenvalue weighted by molar-refractivity contribution is 7.80. The van der Waals surface area contributed by atoms with Gasteiger partial charge in [0.25, 0.3) is 5.69 Å². The fourth-order valence-electron chi connectivity index (χ4n) is 1.73. The number of nitro groups is 1. The van der Waals surface area contributed by atoms with E-state index in [-0.39, 0.29) is 10.8 Å². The van der Waals surface area contributed by atoms with E-state index in [2.05, 4.69) is 10.6 Å². The van der Waals surface area contributed by atoms with Crippen molar-refractivity contribution in [3.63, 3.8) is 0 Å². The van der Waals surface area contributed by atoms with Gasteiger partial charge in [-0.05, 0) is 36.0 Å². The minimum Gasteiger partial charge on any atom is -0.358 e. The third-order valence-electron chi connectivity index (χ3n) is 2.86. The molecule has 2 aromatic carbocycles. The Morgan fingerprint density at radius 3 is 2.52 bits per heavy atom. The quantitative estimate of drug-likeness (QED) is 0.435. The lowest BCUT2D eigenvalue weighted by Gasteiger charge is -2.12. The SMILES string of the molecule is O=[N+]([O-])c1ccc(Cl)c(NC(=S)NCc2ccc(Cl)cc2Cl)c1. The maximum absolute atomic E-state index is 10.8. The number of rotatable bonds is 4. The van der Waals surface area contributed by atoms with Crippen molar-refractivity contribution < 1.29 is 4.92 Å². The van der Waals surface area contributed by atoms with Gasteiger partial charge in [-0.25, -0.2) is 0 Å². The molecule has 23 heavy (non-hydrogen) atoms. The lowest BCUT2D eigenvalue weighted by atomic mass is 10.2. The normalized spacial score (nSPS) is 10.2. The maximum Gasteiger partial charge on any atom is 0.271 e. The first-order valence-electron chi connectivity index (χ1n) is 6.29. The van der Waals surface area contributed by atoms with E-state index in [4.69, 9.17) is 47.0 Å². The van der Waals surface area contributed by atoms with E-state index < -0.39 is 4.92 Å². The van der Waals surface area contributed by atoms with Gasteiger partial charge in [-0.15, -0.1) is 0 Å². The second-order valence-electron chi connectivity index (χ2n) is 4.46. The van der Waals surface area contributed by atoms with Crippen molar-refractivity contribution >= 4 is 63.5 Å². The van der Waals surface area contributed by atoms with Crippen LogP contribution in [0.4, 0.5) is 11.4 Å². The molecule has 2 N–H and O–H groups in total. The number of nitrogens with zero attached hydrogens (tertiary/aromatic N) is 1. The van der Waals surface area contributed by atoms with Crippen molar-refractivity contribution in [2.75, 3.05) is 5.32 Å². The Morgan fingerprint density at radius 1 is 1.13 bits per heavy atom. The molecular weight excluding hydrogens is 381 g/mol. The van der Waals surface area contributed by atoms with Crippen LogP contribution >= 0.6 is 47.0 Å². The van der Waals surface area contributed by atoms with Crippen LogP contribution in [0.25, 0.3) is 0 Å². The molecule has 0 amide bonds. The maximum atomic E-state index is 10.8. The summed E-state index contributed by atoms with van der Waals surface area (Å²) in [5.74, 6) is 0. The fourth-order valence-corrected chi connectivity index (χ4v) is 2.55. The summed E-state index contributed by atoms with van der Waals surface area (Å²) in [7, 11) is 0. The Kier molecular flexibility index (Phi) is 6.01. The molecule has 0 unspecified atom stereocenters. The average Bonchev–Trinajstić information content (AvgIpc) is 2.48. The van der Waals surface area contributed by atoms with Crippen LogP contribution in [0.1, 0.15) is 5.56 Å². The molecule has 0 aromatic heterocycles. The van der Waals surface area contributed by atoms with Crippen molar-refractivity contribution in [2.24, 2.45) is 0 Å². The highest BCUT2D eigenvalue weighted by atomic mass is 35.5. The van der Waals surface area contributed by atoms with Gasteiger partial charge in [0.15, 0.2) is 5.11 Å². The van der Waals surface area contributed by atoms with Crippen LogP contribution in [-0.4, -0.2) is 10.0 Å². The summed E-state index contributed by atoms with van der Waals surface area (Å²) in [5.41, 5.74) is 1.08. The third-order valence-corrected chi connectivity index (χ3v) is 4.03. The summed E-state index contributed by atoms with van der Waals surface area (Å²) in [4.78, 5) is 10.3. The van der Waals surface area contributed by atoms with E-state index in [9.17, 15) is 10.1 Å². The van der Waals surface area contributed by atoms with Crippen molar-refractivity contribution in [1.29, 1.82) is 0 Å². The Morgan fingerprint density at radius 2 is 1.87 bits per heavy atom.